The molecule has 0 saturated carbocycles. The molecule has 23 heavy (non-hydrogen) atoms. The second-order valence-corrected chi connectivity index (χ2v) is 7.17. The Balaban J connectivity index is 2.00. The standard InChI is InChI=1S/C15H12N2O4S2/c1-21-15(18)11-4-2-3-5-14(11)23(19,20)17-10-6-7-12-13(8-10)22-9-16-12/h2-9,17H,1H3. The molecule has 1 heterocycles. The Bertz CT molecular complexity index is 980. The van der Waals surface area contributed by atoms with Gasteiger partial charge in [0.1, 0.15) is 4.90 Å². The summed E-state index contributed by atoms with van der Waals surface area (Å²) in [7, 11) is -2.71. The minimum Gasteiger partial charge on any atom is -0.465 e. The van der Waals surface area contributed by atoms with E-state index in [0.717, 1.165) is 10.2 Å². The molecule has 3 rings (SSSR count). The third-order valence-corrected chi connectivity index (χ3v) is 5.40. The molecule has 0 unspecified atom stereocenters. The molecule has 0 amide bonds. The van der Waals surface area contributed by atoms with Gasteiger partial charge in [-0.2, -0.15) is 0 Å². The van der Waals surface area contributed by atoms with Gasteiger partial charge < -0.3 is 4.74 Å². The van der Waals surface area contributed by atoms with Crippen molar-refractivity contribution < 1.29 is 17.9 Å². The number of hydrogen-bond donors (Lipinski definition) is 1. The van der Waals surface area contributed by atoms with Crippen LogP contribution in [0, 0.1) is 0 Å². The number of rotatable bonds is 4. The molecule has 2 aromatic carbocycles. The Morgan fingerprint density at radius 1 is 1.22 bits per heavy atom. The van der Waals surface area contributed by atoms with Gasteiger partial charge >= 0.3 is 5.97 Å². The highest BCUT2D eigenvalue weighted by Gasteiger charge is 2.22. The van der Waals surface area contributed by atoms with Crippen molar-refractivity contribution >= 4 is 43.2 Å². The molecule has 0 aliphatic carbocycles. The van der Waals surface area contributed by atoms with E-state index < -0.39 is 16.0 Å². The number of carbonyl (C=O) groups excluding carboxylic acids is 1. The second kappa shape index (κ2) is 5.98. The lowest BCUT2D eigenvalue weighted by Gasteiger charge is -2.11. The number of carbonyl (C=O) groups is 1. The van der Waals surface area contributed by atoms with E-state index in [1.165, 1.54) is 30.6 Å². The van der Waals surface area contributed by atoms with Crippen LogP contribution in [-0.4, -0.2) is 26.5 Å². The molecule has 0 atom stereocenters. The summed E-state index contributed by atoms with van der Waals surface area (Å²) >= 11 is 1.41. The van der Waals surface area contributed by atoms with Gasteiger partial charge in [0.25, 0.3) is 10.0 Å². The van der Waals surface area contributed by atoms with Crippen molar-refractivity contribution in [2.75, 3.05) is 11.8 Å². The van der Waals surface area contributed by atoms with Gasteiger partial charge in [-0.3, -0.25) is 4.72 Å². The summed E-state index contributed by atoms with van der Waals surface area (Å²) in [5.41, 5.74) is 2.88. The van der Waals surface area contributed by atoms with Crippen molar-refractivity contribution in [3.63, 3.8) is 0 Å². The summed E-state index contributed by atoms with van der Waals surface area (Å²) in [6, 6.07) is 11.0. The summed E-state index contributed by atoms with van der Waals surface area (Å²) in [5, 5.41) is 0. The normalized spacial score (nSPS) is 11.3. The minimum atomic E-state index is -3.92. The number of sulfonamides is 1. The zero-order valence-corrected chi connectivity index (χ0v) is 13.6. The summed E-state index contributed by atoms with van der Waals surface area (Å²) in [5.74, 6) is -0.705. The lowest BCUT2D eigenvalue weighted by Crippen LogP contribution is -2.17. The van der Waals surface area contributed by atoms with Gasteiger partial charge in [-0.25, -0.2) is 18.2 Å². The predicted octanol–water partition coefficient (Wildman–Crippen LogP) is 2.88. The third kappa shape index (κ3) is 3.03. The van der Waals surface area contributed by atoms with Crippen molar-refractivity contribution in [2.24, 2.45) is 0 Å². The molecule has 6 nitrogen and oxygen atoms in total. The van der Waals surface area contributed by atoms with Crippen LogP contribution in [0.5, 0.6) is 0 Å². The highest BCUT2D eigenvalue weighted by Crippen LogP contribution is 2.25. The maximum absolute atomic E-state index is 12.6. The molecular formula is C15H12N2O4S2. The van der Waals surface area contributed by atoms with E-state index in [1.54, 1.807) is 35.8 Å². The number of nitrogens with zero attached hydrogens (tertiary/aromatic N) is 1. The van der Waals surface area contributed by atoms with Crippen LogP contribution in [0.25, 0.3) is 10.2 Å². The van der Waals surface area contributed by atoms with E-state index >= 15 is 0 Å². The molecular weight excluding hydrogens is 336 g/mol. The minimum absolute atomic E-state index is 0.0126. The van der Waals surface area contributed by atoms with Gasteiger partial charge in [0.05, 0.1) is 34.1 Å². The summed E-state index contributed by atoms with van der Waals surface area (Å²) in [6.45, 7) is 0. The zero-order valence-electron chi connectivity index (χ0n) is 12.0. The van der Waals surface area contributed by atoms with Crippen LogP contribution in [0.4, 0.5) is 5.69 Å². The summed E-state index contributed by atoms with van der Waals surface area (Å²) in [6.07, 6.45) is 0. The van der Waals surface area contributed by atoms with E-state index in [4.69, 9.17) is 0 Å². The number of aromatic nitrogens is 1. The first-order valence-corrected chi connectivity index (χ1v) is 8.91. The predicted molar refractivity (Wildman–Crippen MR) is 88.2 cm³/mol. The van der Waals surface area contributed by atoms with Crippen LogP contribution in [0.2, 0.25) is 0 Å². The maximum atomic E-state index is 12.6. The molecule has 0 aliphatic heterocycles. The molecule has 0 bridgehead atoms. The largest absolute Gasteiger partial charge is 0.465 e. The summed E-state index contributed by atoms with van der Waals surface area (Å²) < 4.78 is 33.2. The number of esters is 1. The number of methoxy groups -OCH3 is 1. The molecule has 1 aromatic heterocycles. The van der Waals surface area contributed by atoms with Crippen LogP contribution in [0.3, 0.4) is 0 Å². The van der Waals surface area contributed by atoms with Crippen LogP contribution in [0.15, 0.2) is 52.9 Å². The van der Waals surface area contributed by atoms with Crippen LogP contribution in [-0.2, 0) is 14.8 Å². The number of nitrogens with one attached hydrogen (secondary N) is 1. The molecule has 3 aromatic rings. The van der Waals surface area contributed by atoms with Crippen LogP contribution < -0.4 is 4.72 Å². The summed E-state index contributed by atoms with van der Waals surface area (Å²) in [4.78, 5) is 15.8. The Labute approximate surface area is 136 Å². The first-order valence-electron chi connectivity index (χ1n) is 6.55. The maximum Gasteiger partial charge on any atom is 0.339 e. The molecule has 8 heteroatoms. The number of thiazole rings is 1. The Kier molecular flexibility index (Phi) is 4.01. The van der Waals surface area contributed by atoms with E-state index in [1.807, 2.05) is 0 Å². The Hall–Kier alpha value is -2.45. The number of anilines is 1. The van der Waals surface area contributed by atoms with E-state index in [0.29, 0.717) is 5.69 Å². The highest BCUT2D eigenvalue weighted by molar-refractivity contribution is 7.92. The average molecular weight is 348 g/mol. The number of hydrogen-bond acceptors (Lipinski definition) is 6. The van der Waals surface area contributed by atoms with E-state index in [2.05, 4.69) is 14.4 Å². The highest BCUT2D eigenvalue weighted by atomic mass is 32.2. The van der Waals surface area contributed by atoms with Crippen molar-refractivity contribution in [2.45, 2.75) is 4.90 Å². The van der Waals surface area contributed by atoms with Gasteiger partial charge in [-0.05, 0) is 30.3 Å². The molecule has 0 spiro atoms. The average Bonchev–Trinajstić information content (AvgIpc) is 3.01. The van der Waals surface area contributed by atoms with Gasteiger partial charge in [-0.1, -0.05) is 12.1 Å². The van der Waals surface area contributed by atoms with E-state index in [9.17, 15) is 13.2 Å². The monoisotopic (exact) mass is 348 g/mol. The van der Waals surface area contributed by atoms with Crippen molar-refractivity contribution in [1.29, 1.82) is 0 Å². The SMILES string of the molecule is COC(=O)c1ccccc1S(=O)(=O)Nc1ccc2ncsc2c1. The molecule has 1 N–H and O–H groups in total. The quantitative estimate of drug-likeness (QED) is 0.733. The fourth-order valence-corrected chi connectivity index (χ4v) is 4.07. The topological polar surface area (TPSA) is 85.4 Å². The van der Waals surface area contributed by atoms with Crippen molar-refractivity contribution in [1.82, 2.24) is 4.98 Å². The first kappa shape index (κ1) is 15.4. The third-order valence-electron chi connectivity index (χ3n) is 3.17. The molecule has 118 valence electrons. The lowest BCUT2D eigenvalue weighted by atomic mass is 10.2. The molecule has 0 fully saturated rings. The van der Waals surface area contributed by atoms with Gasteiger partial charge in [-0.15, -0.1) is 11.3 Å². The fourth-order valence-electron chi connectivity index (χ4n) is 2.11. The van der Waals surface area contributed by atoms with Crippen LogP contribution in [0.1, 0.15) is 10.4 Å². The Morgan fingerprint density at radius 2 is 2.00 bits per heavy atom. The van der Waals surface area contributed by atoms with Crippen molar-refractivity contribution in [3.05, 3.63) is 53.5 Å². The Morgan fingerprint density at radius 3 is 2.78 bits per heavy atom. The zero-order chi connectivity index (χ0) is 16.4. The number of benzene rings is 2. The molecule has 0 radical (unpaired) electrons. The fraction of sp³-hybridized carbons (Fsp3) is 0.0667. The first-order chi connectivity index (χ1) is 11.0. The van der Waals surface area contributed by atoms with Gasteiger partial charge in [0, 0.05) is 0 Å². The number of fused-ring (bicyclic) bond motifs is 1. The van der Waals surface area contributed by atoms with Crippen molar-refractivity contribution in [3.8, 4) is 0 Å². The molecule has 0 saturated heterocycles. The second-order valence-electron chi connectivity index (χ2n) is 4.63. The smallest absolute Gasteiger partial charge is 0.339 e. The number of ether oxygens (including phenoxy) is 1. The van der Waals surface area contributed by atoms with Gasteiger partial charge in [0.2, 0.25) is 0 Å². The van der Waals surface area contributed by atoms with Gasteiger partial charge in [0.15, 0.2) is 0 Å². The lowest BCUT2D eigenvalue weighted by molar-refractivity contribution is 0.0596. The van der Waals surface area contributed by atoms with E-state index in [-0.39, 0.29) is 10.5 Å². The van der Waals surface area contributed by atoms with Crippen LogP contribution >= 0.6 is 11.3 Å². The molecule has 0 aliphatic rings.